The number of rotatable bonds is 4. The van der Waals surface area contributed by atoms with Crippen LogP contribution in [0.5, 0.6) is 0 Å². The van der Waals surface area contributed by atoms with Gasteiger partial charge in [-0.1, -0.05) is 12.1 Å². The zero-order valence-electron chi connectivity index (χ0n) is 16.3. The summed E-state index contributed by atoms with van der Waals surface area (Å²) in [7, 11) is 1.77. The number of carbonyl (C=O) groups is 2. The molecule has 3 aromatic rings. The molecule has 1 saturated heterocycles. The van der Waals surface area contributed by atoms with Gasteiger partial charge >= 0.3 is 0 Å². The van der Waals surface area contributed by atoms with Gasteiger partial charge in [-0.2, -0.15) is 5.10 Å². The first kappa shape index (κ1) is 19.1. The van der Waals surface area contributed by atoms with Crippen molar-refractivity contribution in [3.05, 3.63) is 75.0 Å². The van der Waals surface area contributed by atoms with Crippen LogP contribution in [0.3, 0.4) is 0 Å². The summed E-state index contributed by atoms with van der Waals surface area (Å²) in [6.45, 7) is 3.82. The Morgan fingerprint density at radius 2 is 2.03 bits per heavy atom. The number of aliphatic hydroxyl groups is 1. The number of likely N-dealkylation sites (tertiary alicyclic amines) is 1. The molecule has 1 amide bonds. The van der Waals surface area contributed by atoms with Gasteiger partial charge in [0.15, 0.2) is 0 Å². The minimum atomic E-state index is -0.688. The predicted molar refractivity (Wildman–Crippen MR) is 109 cm³/mol. The Morgan fingerprint density at radius 1 is 1.24 bits per heavy atom. The van der Waals surface area contributed by atoms with Crippen molar-refractivity contribution in [1.29, 1.82) is 0 Å². The molecule has 3 aromatic heterocycles. The molecule has 0 bridgehead atoms. The second-order valence-electron chi connectivity index (χ2n) is 6.97. The van der Waals surface area contributed by atoms with E-state index >= 15 is 0 Å². The molecule has 29 heavy (non-hydrogen) atoms. The molecule has 4 rings (SSSR count). The average molecular weight is 408 g/mol. The van der Waals surface area contributed by atoms with E-state index in [0.717, 1.165) is 16.1 Å². The lowest BCUT2D eigenvalue weighted by molar-refractivity contribution is -0.140. The number of nitrogens with zero attached hydrogens (tertiary/aromatic N) is 4. The van der Waals surface area contributed by atoms with Gasteiger partial charge in [0.1, 0.15) is 5.76 Å². The van der Waals surface area contributed by atoms with E-state index in [-0.39, 0.29) is 17.9 Å². The molecule has 148 valence electrons. The smallest absolute Gasteiger partial charge is 0.295 e. The van der Waals surface area contributed by atoms with Crippen LogP contribution in [-0.4, -0.2) is 36.5 Å². The molecule has 4 heterocycles. The molecule has 8 heteroatoms. The fourth-order valence-electron chi connectivity index (χ4n) is 3.73. The predicted octanol–water partition coefficient (Wildman–Crippen LogP) is 3.12. The van der Waals surface area contributed by atoms with E-state index in [1.54, 1.807) is 37.1 Å². The van der Waals surface area contributed by atoms with Crippen molar-refractivity contribution in [3.63, 3.8) is 0 Å². The number of pyridine rings is 1. The first-order valence-electron chi connectivity index (χ1n) is 9.11. The summed E-state index contributed by atoms with van der Waals surface area (Å²) in [5.74, 6) is -1.50. The molecule has 1 atom stereocenters. The number of amides is 1. The fraction of sp³-hybridized carbons (Fsp3) is 0.238. The van der Waals surface area contributed by atoms with Gasteiger partial charge in [0.2, 0.25) is 0 Å². The summed E-state index contributed by atoms with van der Waals surface area (Å²) in [5, 5.41) is 17.4. The Bertz CT molecular complexity index is 1120. The van der Waals surface area contributed by atoms with Crippen LogP contribution < -0.4 is 0 Å². The lowest BCUT2D eigenvalue weighted by Gasteiger charge is -2.24. The van der Waals surface area contributed by atoms with Crippen LogP contribution >= 0.6 is 11.3 Å². The maximum atomic E-state index is 13.0. The van der Waals surface area contributed by atoms with Crippen LogP contribution in [0.2, 0.25) is 0 Å². The van der Waals surface area contributed by atoms with Crippen LogP contribution in [0.25, 0.3) is 5.76 Å². The maximum absolute atomic E-state index is 13.0. The zero-order chi connectivity index (χ0) is 20.7. The first-order chi connectivity index (χ1) is 13.9. The molecule has 1 N–H and O–H groups in total. The third kappa shape index (κ3) is 3.15. The molecule has 0 unspecified atom stereocenters. The first-order valence-corrected chi connectivity index (χ1v) is 9.99. The van der Waals surface area contributed by atoms with Gasteiger partial charge in [0, 0.05) is 36.6 Å². The van der Waals surface area contributed by atoms with E-state index < -0.39 is 17.7 Å². The van der Waals surface area contributed by atoms with Gasteiger partial charge in [-0.15, -0.1) is 11.3 Å². The van der Waals surface area contributed by atoms with Crippen molar-refractivity contribution in [2.75, 3.05) is 0 Å². The topological polar surface area (TPSA) is 88.3 Å². The molecule has 0 aromatic carbocycles. The van der Waals surface area contributed by atoms with Gasteiger partial charge in [-0.3, -0.25) is 19.3 Å². The number of ketones is 1. The largest absolute Gasteiger partial charge is 0.507 e. The van der Waals surface area contributed by atoms with E-state index in [4.69, 9.17) is 0 Å². The van der Waals surface area contributed by atoms with Gasteiger partial charge in [0.25, 0.3) is 11.7 Å². The highest BCUT2D eigenvalue weighted by Gasteiger charge is 2.47. The van der Waals surface area contributed by atoms with Gasteiger partial charge < -0.3 is 10.0 Å². The lowest BCUT2D eigenvalue weighted by atomic mass is 9.99. The number of hydrogen-bond donors (Lipinski definition) is 1. The molecule has 1 fully saturated rings. The lowest BCUT2D eigenvalue weighted by Crippen LogP contribution is -2.28. The summed E-state index contributed by atoms with van der Waals surface area (Å²) < 4.78 is 1.65. The molecule has 0 saturated carbocycles. The number of carbonyl (C=O) groups excluding carboxylic acids is 2. The third-order valence-corrected chi connectivity index (χ3v) is 6.10. The van der Waals surface area contributed by atoms with E-state index in [2.05, 4.69) is 10.1 Å². The summed E-state index contributed by atoms with van der Waals surface area (Å²) in [4.78, 5) is 32.3. The van der Waals surface area contributed by atoms with Crippen molar-refractivity contribution in [2.45, 2.75) is 26.4 Å². The van der Waals surface area contributed by atoms with E-state index in [1.807, 2.05) is 30.5 Å². The van der Waals surface area contributed by atoms with E-state index in [1.165, 1.54) is 16.2 Å². The van der Waals surface area contributed by atoms with Crippen molar-refractivity contribution >= 4 is 28.8 Å². The number of aliphatic hydroxyl groups excluding tert-OH is 1. The van der Waals surface area contributed by atoms with Gasteiger partial charge in [-0.25, -0.2) is 0 Å². The van der Waals surface area contributed by atoms with E-state index in [0.29, 0.717) is 11.3 Å². The summed E-state index contributed by atoms with van der Waals surface area (Å²) in [6.07, 6.45) is 3.32. The maximum Gasteiger partial charge on any atom is 0.295 e. The van der Waals surface area contributed by atoms with Gasteiger partial charge in [0.05, 0.1) is 22.9 Å². The summed E-state index contributed by atoms with van der Waals surface area (Å²) >= 11 is 1.44. The van der Waals surface area contributed by atoms with Crippen LogP contribution in [-0.2, 0) is 23.2 Å². The van der Waals surface area contributed by atoms with Crippen molar-refractivity contribution in [3.8, 4) is 0 Å². The van der Waals surface area contributed by atoms with Crippen molar-refractivity contribution in [1.82, 2.24) is 19.7 Å². The van der Waals surface area contributed by atoms with E-state index in [9.17, 15) is 14.7 Å². The minimum absolute atomic E-state index is 0.0977. The number of aryl methyl sites for hydroxylation is 2. The van der Waals surface area contributed by atoms with Crippen LogP contribution in [0, 0.1) is 13.8 Å². The minimum Gasteiger partial charge on any atom is -0.507 e. The molecule has 1 aliphatic rings. The molecule has 0 radical (unpaired) electrons. The Balaban J connectivity index is 1.88. The average Bonchev–Trinajstić information content (AvgIpc) is 3.37. The Morgan fingerprint density at radius 3 is 2.62 bits per heavy atom. The third-order valence-electron chi connectivity index (χ3n) is 5.17. The van der Waals surface area contributed by atoms with Gasteiger partial charge in [-0.05, 0) is 36.9 Å². The highest BCUT2D eigenvalue weighted by Crippen LogP contribution is 2.42. The fourth-order valence-corrected chi connectivity index (χ4v) is 4.57. The molecular weight excluding hydrogens is 388 g/mol. The molecule has 1 aliphatic heterocycles. The number of Topliss-reactive ketones (excluding diaryl/α,β-unsaturated/α-hetero) is 1. The number of thiophene rings is 1. The molecular formula is C21H20N4O3S. The molecule has 7 nitrogen and oxygen atoms in total. The second-order valence-corrected chi connectivity index (χ2v) is 7.95. The zero-order valence-corrected chi connectivity index (χ0v) is 17.1. The second kappa shape index (κ2) is 7.29. The monoisotopic (exact) mass is 408 g/mol. The van der Waals surface area contributed by atoms with Crippen LogP contribution in [0.4, 0.5) is 0 Å². The Hall–Kier alpha value is -3.26. The molecule has 0 spiro atoms. The molecule has 0 aliphatic carbocycles. The van der Waals surface area contributed by atoms with Crippen molar-refractivity contribution < 1.29 is 14.7 Å². The highest BCUT2D eigenvalue weighted by molar-refractivity contribution is 7.10. The summed E-state index contributed by atoms with van der Waals surface area (Å²) in [6, 6.07) is 6.72. The Labute approximate surface area is 171 Å². The number of hydrogen-bond acceptors (Lipinski definition) is 6. The standard InChI is InChI=1S/C21H20N4O3S/c1-12-16(13(2)24(3)23-12)19(26)17-18(15-7-5-9-29-15)25(21(28)20(17)27)11-14-6-4-8-22-10-14/h4-10,18,26H,11H2,1-3H3/b19-17+/t18-/m1/s1. The number of aromatic nitrogens is 3. The quantitative estimate of drug-likeness (QED) is 0.407. The highest BCUT2D eigenvalue weighted by atomic mass is 32.1. The summed E-state index contributed by atoms with van der Waals surface area (Å²) in [5.41, 5.74) is 2.73. The van der Waals surface area contributed by atoms with Crippen LogP contribution in [0.15, 0.2) is 47.6 Å². The van der Waals surface area contributed by atoms with Crippen molar-refractivity contribution in [2.24, 2.45) is 7.05 Å². The normalized spacial score (nSPS) is 18.6. The Kier molecular flexibility index (Phi) is 4.79. The SMILES string of the molecule is Cc1nn(C)c(C)c1/C(O)=C1\C(=O)C(=O)N(Cc2cccnc2)[C@@H]1c1cccs1. The van der Waals surface area contributed by atoms with Crippen LogP contribution in [0.1, 0.15) is 33.4 Å².